The van der Waals surface area contributed by atoms with E-state index in [0.29, 0.717) is 17.1 Å². The summed E-state index contributed by atoms with van der Waals surface area (Å²) in [6, 6.07) is 8.24. The highest BCUT2D eigenvalue weighted by Crippen LogP contribution is 2.39. The molecule has 12 nitrogen and oxygen atoms in total. The SMILES string of the molecule is CC(C=NNc1ccc([N+](=O)[O-])cc1[N+](=O)[O-])n1nnc2ccc(Oc3cc(F)c(C(F)(F)F)c(Cl)c3)cc21. The number of non-ortho nitro benzene ring substituents is 1. The zero-order chi connectivity index (χ0) is 28.5. The summed E-state index contributed by atoms with van der Waals surface area (Å²) < 4.78 is 59.8. The molecule has 1 aromatic heterocycles. The van der Waals surface area contributed by atoms with Crippen molar-refractivity contribution >= 4 is 45.9 Å². The molecule has 0 saturated heterocycles. The van der Waals surface area contributed by atoms with Gasteiger partial charge in [-0.05, 0) is 25.1 Å². The highest BCUT2D eigenvalue weighted by Gasteiger charge is 2.37. The van der Waals surface area contributed by atoms with Gasteiger partial charge in [-0.25, -0.2) is 9.07 Å². The Morgan fingerprint density at radius 2 is 1.85 bits per heavy atom. The number of nitrogens with zero attached hydrogens (tertiary/aromatic N) is 6. The molecular formula is C22H14ClF4N7O5. The number of hydrogen-bond donors (Lipinski definition) is 1. The van der Waals surface area contributed by atoms with Crippen LogP contribution in [-0.2, 0) is 6.18 Å². The van der Waals surface area contributed by atoms with Gasteiger partial charge in [0.1, 0.15) is 34.1 Å². The number of nitrogens with one attached hydrogen (secondary N) is 1. The number of anilines is 1. The second-order valence-electron chi connectivity index (χ2n) is 7.89. The molecule has 0 aliphatic heterocycles. The summed E-state index contributed by atoms with van der Waals surface area (Å²) in [6.45, 7) is 1.65. The van der Waals surface area contributed by atoms with Gasteiger partial charge in [-0.2, -0.15) is 18.3 Å². The van der Waals surface area contributed by atoms with Crippen LogP contribution in [0, 0.1) is 26.0 Å². The Labute approximate surface area is 219 Å². The molecule has 0 aliphatic rings. The molecule has 3 aromatic carbocycles. The van der Waals surface area contributed by atoms with Crippen molar-refractivity contribution in [1.82, 2.24) is 15.0 Å². The number of hydrogen-bond acceptors (Lipinski definition) is 9. The van der Waals surface area contributed by atoms with Crippen LogP contribution in [0.1, 0.15) is 18.5 Å². The van der Waals surface area contributed by atoms with Gasteiger partial charge >= 0.3 is 11.9 Å². The quantitative estimate of drug-likeness (QED) is 0.109. The van der Waals surface area contributed by atoms with Crippen LogP contribution in [0.25, 0.3) is 11.0 Å². The maximum Gasteiger partial charge on any atom is 0.420 e. The van der Waals surface area contributed by atoms with E-state index in [0.717, 1.165) is 24.3 Å². The summed E-state index contributed by atoms with van der Waals surface area (Å²) in [7, 11) is 0. The average molecular weight is 568 g/mol. The van der Waals surface area contributed by atoms with Gasteiger partial charge in [-0.15, -0.1) is 5.10 Å². The van der Waals surface area contributed by atoms with Crippen molar-refractivity contribution < 1.29 is 32.1 Å². The van der Waals surface area contributed by atoms with Gasteiger partial charge in [0.15, 0.2) is 0 Å². The van der Waals surface area contributed by atoms with Gasteiger partial charge < -0.3 is 4.74 Å². The predicted molar refractivity (Wildman–Crippen MR) is 131 cm³/mol. The van der Waals surface area contributed by atoms with E-state index < -0.39 is 49.8 Å². The van der Waals surface area contributed by atoms with E-state index in [2.05, 4.69) is 20.8 Å². The molecule has 1 atom stereocenters. The molecule has 1 N–H and O–H groups in total. The Hall–Kier alpha value is -4.86. The Morgan fingerprint density at radius 3 is 2.49 bits per heavy atom. The highest BCUT2D eigenvalue weighted by atomic mass is 35.5. The molecule has 39 heavy (non-hydrogen) atoms. The lowest BCUT2D eigenvalue weighted by atomic mass is 10.2. The Balaban J connectivity index is 1.55. The van der Waals surface area contributed by atoms with Gasteiger partial charge in [0.2, 0.25) is 0 Å². The number of ether oxygens (including phenoxy) is 1. The van der Waals surface area contributed by atoms with Crippen molar-refractivity contribution in [3.05, 3.63) is 85.2 Å². The summed E-state index contributed by atoms with van der Waals surface area (Å²) in [5, 5.41) is 33.2. The molecule has 202 valence electrons. The predicted octanol–water partition coefficient (Wildman–Crippen LogP) is 6.51. The second-order valence-corrected chi connectivity index (χ2v) is 8.30. The van der Waals surface area contributed by atoms with Gasteiger partial charge in [0, 0.05) is 30.5 Å². The van der Waals surface area contributed by atoms with E-state index in [1.165, 1.54) is 29.1 Å². The molecule has 1 heterocycles. The van der Waals surface area contributed by atoms with Crippen LogP contribution in [0.3, 0.4) is 0 Å². The Kier molecular flexibility index (Phi) is 7.31. The van der Waals surface area contributed by atoms with E-state index in [4.69, 9.17) is 16.3 Å². The number of nitro benzene ring substituents is 2. The highest BCUT2D eigenvalue weighted by molar-refractivity contribution is 6.31. The van der Waals surface area contributed by atoms with Gasteiger partial charge in [-0.3, -0.25) is 25.7 Å². The first-order chi connectivity index (χ1) is 18.3. The molecule has 0 spiro atoms. The summed E-state index contributed by atoms with van der Waals surface area (Å²) in [5.74, 6) is -1.75. The molecule has 1 unspecified atom stereocenters. The van der Waals surface area contributed by atoms with Crippen molar-refractivity contribution in [2.45, 2.75) is 19.1 Å². The minimum atomic E-state index is -4.98. The number of halogens is 5. The third-order valence-corrected chi connectivity index (χ3v) is 5.53. The maximum atomic E-state index is 14.1. The second kappa shape index (κ2) is 10.5. The van der Waals surface area contributed by atoms with Gasteiger partial charge in [-0.1, -0.05) is 16.8 Å². The van der Waals surface area contributed by atoms with Crippen LogP contribution in [0.15, 0.2) is 53.6 Å². The minimum Gasteiger partial charge on any atom is -0.457 e. The summed E-state index contributed by atoms with van der Waals surface area (Å²) in [4.78, 5) is 20.6. The normalized spacial score (nSPS) is 12.6. The zero-order valence-corrected chi connectivity index (χ0v) is 20.1. The molecule has 0 radical (unpaired) electrons. The number of hydrazone groups is 1. The fourth-order valence-corrected chi connectivity index (χ4v) is 3.76. The average Bonchev–Trinajstić information content (AvgIpc) is 3.26. The fourth-order valence-electron chi connectivity index (χ4n) is 3.45. The number of rotatable bonds is 8. The number of benzene rings is 3. The molecule has 0 bridgehead atoms. The first-order valence-electron chi connectivity index (χ1n) is 10.7. The van der Waals surface area contributed by atoms with E-state index in [1.54, 1.807) is 6.92 Å². The molecule has 4 rings (SSSR count). The standard InChI is InChI=1S/C22H14ClF4N7O5/c1-11(10-28-29-18-4-2-12(33(35)36)6-20(18)34(37)38)32-19-9-13(3-5-17(19)30-31-32)39-14-7-15(23)21(16(24)8-14)22(25,26)27/h2-11,29H,1H3. The van der Waals surface area contributed by atoms with Crippen LogP contribution in [0.5, 0.6) is 11.5 Å². The third-order valence-electron chi connectivity index (χ3n) is 5.23. The van der Waals surface area contributed by atoms with Crippen LogP contribution in [0.4, 0.5) is 34.6 Å². The summed E-state index contributed by atoms with van der Waals surface area (Å²) in [5.41, 5.74) is 0.583. The van der Waals surface area contributed by atoms with Crippen LogP contribution in [-0.4, -0.2) is 31.1 Å². The topological polar surface area (TPSA) is 151 Å². The number of nitro groups is 2. The van der Waals surface area contributed by atoms with Crippen LogP contribution in [0.2, 0.25) is 5.02 Å². The van der Waals surface area contributed by atoms with E-state index in [-0.39, 0.29) is 17.2 Å². The maximum absolute atomic E-state index is 14.1. The van der Waals surface area contributed by atoms with Gasteiger partial charge in [0.25, 0.3) is 5.69 Å². The molecule has 0 saturated carbocycles. The Bertz CT molecular complexity index is 1600. The Morgan fingerprint density at radius 1 is 1.10 bits per heavy atom. The molecule has 17 heteroatoms. The molecule has 0 amide bonds. The van der Waals surface area contributed by atoms with Crippen molar-refractivity contribution in [2.75, 3.05) is 5.43 Å². The van der Waals surface area contributed by atoms with E-state index >= 15 is 0 Å². The van der Waals surface area contributed by atoms with E-state index in [1.807, 2.05) is 0 Å². The lowest BCUT2D eigenvalue weighted by Gasteiger charge is -2.13. The van der Waals surface area contributed by atoms with E-state index in [9.17, 15) is 37.8 Å². The van der Waals surface area contributed by atoms with Crippen molar-refractivity contribution in [3.8, 4) is 11.5 Å². The third kappa shape index (κ3) is 5.85. The van der Waals surface area contributed by atoms with Crippen LogP contribution < -0.4 is 10.2 Å². The number of alkyl halides is 3. The monoisotopic (exact) mass is 567 g/mol. The first-order valence-corrected chi connectivity index (χ1v) is 11.0. The largest absolute Gasteiger partial charge is 0.457 e. The lowest BCUT2D eigenvalue weighted by Crippen LogP contribution is -2.09. The van der Waals surface area contributed by atoms with Gasteiger partial charge in [0.05, 0.1) is 32.5 Å². The lowest BCUT2D eigenvalue weighted by molar-refractivity contribution is -0.393. The molecule has 0 fully saturated rings. The first kappa shape index (κ1) is 27.2. The fraction of sp³-hybridized carbons (Fsp3) is 0.136. The smallest absolute Gasteiger partial charge is 0.420 e. The van der Waals surface area contributed by atoms with Crippen LogP contribution >= 0.6 is 11.6 Å². The minimum absolute atomic E-state index is 0.0874. The number of aromatic nitrogens is 3. The summed E-state index contributed by atoms with van der Waals surface area (Å²) >= 11 is 5.62. The zero-order valence-electron chi connectivity index (χ0n) is 19.4. The summed E-state index contributed by atoms with van der Waals surface area (Å²) in [6.07, 6.45) is -3.65. The molecule has 4 aromatic rings. The van der Waals surface area contributed by atoms with Crippen molar-refractivity contribution in [2.24, 2.45) is 5.10 Å². The number of fused-ring (bicyclic) bond motifs is 1. The molecule has 0 aliphatic carbocycles. The van der Waals surface area contributed by atoms with Crippen molar-refractivity contribution in [3.63, 3.8) is 0 Å². The van der Waals surface area contributed by atoms with Crippen molar-refractivity contribution in [1.29, 1.82) is 0 Å². The molecular weight excluding hydrogens is 554 g/mol.